The first kappa shape index (κ1) is 17.4. The summed E-state index contributed by atoms with van der Waals surface area (Å²) in [5, 5.41) is 11.4. The number of urea groups is 1. The number of hydrogen-bond acceptors (Lipinski definition) is 4. The van der Waals surface area contributed by atoms with Gasteiger partial charge in [0.15, 0.2) is 0 Å². The van der Waals surface area contributed by atoms with Crippen molar-refractivity contribution in [1.29, 1.82) is 5.26 Å². The third-order valence-corrected chi connectivity index (χ3v) is 4.27. The lowest BCUT2D eigenvalue weighted by atomic mass is 10.1. The van der Waals surface area contributed by atoms with Crippen LogP contribution in [0.2, 0.25) is 5.02 Å². The largest absolute Gasteiger partial charge is 0.335 e. The molecule has 1 N–H and O–H groups in total. The molecule has 0 spiro atoms. The van der Waals surface area contributed by atoms with Gasteiger partial charge in [-0.2, -0.15) is 5.26 Å². The van der Waals surface area contributed by atoms with E-state index < -0.39 is 17.8 Å². The molecule has 6 nitrogen and oxygen atoms in total. The minimum Gasteiger partial charge on any atom is -0.273 e. The summed E-state index contributed by atoms with van der Waals surface area (Å²) in [6.45, 7) is 1.80. The van der Waals surface area contributed by atoms with Crippen molar-refractivity contribution < 1.29 is 14.4 Å². The highest BCUT2D eigenvalue weighted by molar-refractivity contribution is 6.39. The standard InChI is InChI=1S/C19H12ClN3O3/c1-11-2-7-14(9-16(11)20)23-18(25)15(17(24)22-19(23)26)8-12-3-5-13(10-21)6-4-12/h2-9H,1H3,(H,22,24,26)/b15-8-. The Morgan fingerprint density at radius 3 is 2.42 bits per heavy atom. The normalized spacial score (nSPS) is 15.8. The zero-order chi connectivity index (χ0) is 18.8. The van der Waals surface area contributed by atoms with Crippen LogP contribution in [0.25, 0.3) is 6.08 Å². The number of aryl methyl sites for hydroxylation is 1. The average molecular weight is 366 g/mol. The molecule has 1 aliphatic rings. The minimum absolute atomic E-state index is 0.189. The molecule has 3 rings (SSSR count). The van der Waals surface area contributed by atoms with Crippen LogP contribution in [0.1, 0.15) is 16.7 Å². The summed E-state index contributed by atoms with van der Waals surface area (Å²) in [4.78, 5) is 37.9. The number of amides is 4. The fraction of sp³-hybridized carbons (Fsp3) is 0.0526. The molecule has 4 amide bonds. The van der Waals surface area contributed by atoms with Crippen LogP contribution >= 0.6 is 11.6 Å². The van der Waals surface area contributed by atoms with Crippen LogP contribution < -0.4 is 10.2 Å². The Labute approximate surface area is 154 Å². The summed E-state index contributed by atoms with van der Waals surface area (Å²) in [6.07, 6.45) is 1.37. The number of nitrogens with one attached hydrogen (secondary N) is 1. The predicted molar refractivity (Wildman–Crippen MR) is 96.3 cm³/mol. The first-order valence-electron chi connectivity index (χ1n) is 7.58. The monoisotopic (exact) mass is 365 g/mol. The molecular weight excluding hydrogens is 354 g/mol. The number of imide groups is 2. The SMILES string of the molecule is Cc1ccc(N2C(=O)NC(=O)/C(=C/c3ccc(C#N)cc3)C2=O)cc1Cl. The van der Waals surface area contributed by atoms with Crippen molar-refractivity contribution in [2.45, 2.75) is 6.92 Å². The van der Waals surface area contributed by atoms with Crippen LogP contribution in [-0.4, -0.2) is 17.8 Å². The van der Waals surface area contributed by atoms with Gasteiger partial charge in [0.2, 0.25) is 0 Å². The first-order chi connectivity index (χ1) is 12.4. The van der Waals surface area contributed by atoms with Gasteiger partial charge in [0, 0.05) is 5.02 Å². The molecule has 0 unspecified atom stereocenters. The lowest BCUT2D eigenvalue weighted by molar-refractivity contribution is -0.122. The van der Waals surface area contributed by atoms with Crippen molar-refractivity contribution in [3.63, 3.8) is 0 Å². The van der Waals surface area contributed by atoms with Crippen molar-refractivity contribution >= 4 is 41.2 Å². The van der Waals surface area contributed by atoms with Gasteiger partial charge in [-0.25, -0.2) is 9.69 Å². The number of barbiturate groups is 1. The highest BCUT2D eigenvalue weighted by Crippen LogP contribution is 2.26. The molecule has 2 aromatic rings. The number of carbonyl (C=O) groups excluding carboxylic acids is 3. The van der Waals surface area contributed by atoms with E-state index in [1.807, 2.05) is 6.07 Å². The van der Waals surface area contributed by atoms with Crippen LogP contribution in [0.4, 0.5) is 10.5 Å². The van der Waals surface area contributed by atoms with Crippen molar-refractivity contribution in [1.82, 2.24) is 5.32 Å². The molecule has 2 aromatic carbocycles. The zero-order valence-electron chi connectivity index (χ0n) is 13.6. The fourth-order valence-electron chi connectivity index (χ4n) is 2.43. The Morgan fingerprint density at radius 1 is 1.12 bits per heavy atom. The second kappa shape index (κ2) is 6.82. The Bertz CT molecular complexity index is 1000. The Hall–Kier alpha value is -3.43. The van der Waals surface area contributed by atoms with Crippen LogP contribution in [0.3, 0.4) is 0 Å². The lowest BCUT2D eigenvalue weighted by Gasteiger charge is -2.26. The smallest absolute Gasteiger partial charge is 0.273 e. The second-order valence-electron chi connectivity index (χ2n) is 5.63. The van der Waals surface area contributed by atoms with Crippen molar-refractivity contribution in [2.24, 2.45) is 0 Å². The van der Waals surface area contributed by atoms with Gasteiger partial charge in [0.25, 0.3) is 11.8 Å². The van der Waals surface area contributed by atoms with Gasteiger partial charge < -0.3 is 0 Å². The molecule has 0 radical (unpaired) electrons. The van der Waals surface area contributed by atoms with E-state index in [2.05, 4.69) is 5.32 Å². The number of rotatable bonds is 2. The molecule has 128 valence electrons. The maximum atomic E-state index is 12.8. The third-order valence-electron chi connectivity index (χ3n) is 3.87. The summed E-state index contributed by atoms with van der Waals surface area (Å²) in [5.41, 5.74) is 1.88. The van der Waals surface area contributed by atoms with Gasteiger partial charge in [-0.15, -0.1) is 0 Å². The first-order valence-corrected chi connectivity index (χ1v) is 7.96. The van der Waals surface area contributed by atoms with Gasteiger partial charge in [-0.1, -0.05) is 29.8 Å². The maximum absolute atomic E-state index is 12.8. The minimum atomic E-state index is -0.836. The topological polar surface area (TPSA) is 90.3 Å². The average Bonchev–Trinajstić information content (AvgIpc) is 2.62. The van der Waals surface area contributed by atoms with E-state index in [-0.39, 0.29) is 11.3 Å². The Balaban J connectivity index is 2.00. The number of carbonyl (C=O) groups is 3. The number of halogens is 1. The van der Waals surface area contributed by atoms with Crippen molar-refractivity contribution in [3.05, 3.63) is 69.8 Å². The van der Waals surface area contributed by atoms with E-state index in [1.54, 1.807) is 43.3 Å². The number of benzene rings is 2. The summed E-state index contributed by atoms with van der Waals surface area (Å²) in [6, 6.07) is 12.2. The van der Waals surface area contributed by atoms with Crippen molar-refractivity contribution in [2.75, 3.05) is 4.90 Å². The van der Waals surface area contributed by atoms with Crippen LogP contribution in [0, 0.1) is 18.3 Å². The highest BCUT2D eigenvalue weighted by atomic mass is 35.5. The lowest BCUT2D eigenvalue weighted by Crippen LogP contribution is -2.54. The fourth-order valence-corrected chi connectivity index (χ4v) is 2.61. The van der Waals surface area contributed by atoms with Gasteiger partial charge in [0.05, 0.1) is 17.3 Å². The van der Waals surface area contributed by atoms with Crippen LogP contribution in [0.5, 0.6) is 0 Å². The molecule has 1 heterocycles. The summed E-state index contributed by atoms with van der Waals surface area (Å²) in [5.74, 6) is -1.53. The maximum Gasteiger partial charge on any atom is 0.335 e. The highest BCUT2D eigenvalue weighted by Gasteiger charge is 2.36. The molecule has 7 heteroatoms. The zero-order valence-corrected chi connectivity index (χ0v) is 14.4. The summed E-state index contributed by atoms with van der Waals surface area (Å²) in [7, 11) is 0. The quantitative estimate of drug-likeness (QED) is 0.653. The molecular formula is C19H12ClN3O3. The van der Waals surface area contributed by atoms with Crippen LogP contribution in [-0.2, 0) is 9.59 Å². The Kier molecular flexibility index (Phi) is 4.57. The third kappa shape index (κ3) is 3.21. The molecule has 0 bridgehead atoms. The van der Waals surface area contributed by atoms with Crippen LogP contribution in [0.15, 0.2) is 48.0 Å². The summed E-state index contributed by atoms with van der Waals surface area (Å²) >= 11 is 6.07. The molecule has 1 fully saturated rings. The van der Waals surface area contributed by atoms with E-state index in [0.29, 0.717) is 16.1 Å². The molecule has 26 heavy (non-hydrogen) atoms. The van der Waals surface area contributed by atoms with E-state index in [1.165, 1.54) is 12.1 Å². The number of nitriles is 1. The molecule has 0 aromatic heterocycles. The van der Waals surface area contributed by atoms with E-state index >= 15 is 0 Å². The van der Waals surface area contributed by atoms with E-state index in [4.69, 9.17) is 16.9 Å². The molecule has 0 saturated carbocycles. The number of nitrogens with zero attached hydrogens (tertiary/aromatic N) is 2. The molecule has 1 aliphatic heterocycles. The van der Waals surface area contributed by atoms with E-state index in [9.17, 15) is 14.4 Å². The molecule has 1 saturated heterocycles. The van der Waals surface area contributed by atoms with Gasteiger partial charge in [-0.3, -0.25) is 14.9 Å². The Morgan fingerprint density at radius 2 is 1.81 bits per heavy atom. The van der Waals surface area contributed by atoms with Gasteiger partial charge in [0.1, 0.15) is 5.57 Å². The molecule has 0 atom stereocenters. The van der Waals surface area contributed by atoms with E-state index in [0.717, 1.165) is 10.5 Å². The predicted octanol–water partition coefficient (Wildman–Crippen LogP) is 3.19. The molecule has 0 aliphatic carbocycles. The summed E-state index contributed by atoms with van der Waals surface area (Å²) < 4.78 is 0. The van der Waals surface area contributed by atoms with Gasteiger partial charge in [-0.05, 0) is 48.4 Å². The van der Waals surface area contributed by atoms with Gasteiger partial charge >= 0.3 is 6.03 Å². The second-order valence-corrected chi connectivity index (χ2v) is 6.03. The number of anilines is 1. The number of hydrogen-bond donors (Lipinski definition) is 1. The van der Waals surface area contributed by atoms with Crippen molar-refractivity contribution in [3.8, 4) is 6.07 Å².